The summed E-state index contributed by atoms with van der Waals surface area (Å²) in [7, 11) is 0. The number of esters is 1. The van der Waals surface area contributed by atoms with Crippen molar-refractivity contribution in [3.05, 3.63) is 35.9 Å². The molecule has 1 amide bonds. The van der Waals surface area contributed by atoms with Gasteiger partial charge in [0.05, 0.1) is 0 Å². The first kappa shape index (κ1) is 22.7. The van der Waals surface area contributed by atoms with Gasteiger partial charge in [-0.25, -0.2) is 9.59 Å². The van der Waals surface area contributed by atoms with E-state index in [0.29, 0.717) is 13.0 Å². The highest BCUT2D eigenvalue weighted by Gasteiger charge is 2.34. The summed E-state index contributed by atoms with van der Waals surface area (Å²) in [6.45, 7) is 7.32. The van der Waals surface area contributed by atoms with E-state index >= 15 is 0 Å². The molecule has 0 spiro atoms. The fourth-order valence-corrected chi connectivity index (χ4v) is 2.86. The monoisotopic (exact) mass is 406 g/mol. The van der Waals surface area contributed by atoms with Gasteiger partial charge in [-0.1, -0.05) is 30.3 Å². The average molecular weight is 406 g/mol. The fraction of sp³-hybridized carbons (Fsp3) is 0.571. The van der Waals surface area contributed by atoms with Gasteiger partial charge in [-0.15, -0.1) is 5.06 Å². The SMILES string of the molecule is C[C@H](NC(=O)[C@@H]1CCCCN1OC(=O)OC(C)(C)C)C(=O)OCc1ccccc1. The number of amides is 1. The van der Waals surface area contributed by atoms with E-state index in [2.05, 4.69) is 5.32 Å². The Labute approximate surface area is 171 Å². The van der Waals surface area contributed by atoms with Crippen LogP contribution in [0.2, 0.25) is 0 Å². The topological polar surface area (TPSA) is 94.2 Å². The van der Waals surface area contributed by atoms with Crippen LogP contribution in [0.4, 0.5) is 4.79 Å². The van der Waals surface area contributed by atoms with Crippen LogP contribution < -0.4 is 5.32 Å². The Kier molecular flexibility index (Phi) is 8.01. The Morgan fingerprint density at radius 2 is 1.86 bits per heavy atom. The van der Waals surface area contributed by atoms with E-state index in [1.807, 2.05) is 30.3 Å². The third kappa shape index (κ3) is 7.73. The molecule has 1 aromatic carbocycles. The summed E-state index contributed by atoms with van der Waals surface area (Å²) < 4.78 is 10.4. The largest absolute Gasteiger partial charge is 0.528 e. The molecule has 0 unspecified atom stereocenters. The van der Waals surface area contributed by atoms with Crippen LogP contribution in [0.1, 0.15) is 52.5 Å². The minimum absolute atomic E-state index is 0.136. The molecule has 0 aromatic heterocycles. The summed E-state index contributed by atoms with van der Waals surface area (Å²) >= 11 is 0. The van der Waals surface area contributed by atoms with Crippen molar-refractivity contribution < 1.29 is 28.7 Å². The molecule has 8 heteroatoms. The molecule has 0 radical (unpaired) electrons. The van der Waals surface area contributed by atoms with Gasteiger partial charge in [-0.3, -0.25) is 4.79 Å². The van der Waals surface area contributed by atoms with Gasteiger partial charge in [0.2, 0.25) is 5.91 Å². The number of piperidine rings is 1. The number of nitrogens with zero attached hydrogens (tertiary/aromatic N) is 1. The number of hydrogen-bond acceptors (Lipinski definition) is 7. The lowest BCUT2D eigenvalue weighted by molar-refractivity contribution is -0.183. The van der Waals surface area contributed by atoms with Crippen LogP contribution in [0.5, 0.6) is 0 Å². The van der Waals surface area contributed by atoms with E-state index in [4.69, 9.17) is 14.3 Å². The smallest absolute Gasteiger partial charge is 0.459 e. The predicted molar refractivity (Wildman–Crippen MR) is 106 cm³/mol. The number of nitrogens with one attached hydrogen (secondary N) is 1. The molecule has 1 heterocycles. The molecule has 2 rings (SSSR count). The van der Waals surface area contributed by atoms with Crippen LogP contribution in [0.3, 0.4) is 0 Å². The van der Waals surface area contributed by atoms with E-state index in [1.54, 1.807) is 27.7 Å². The second kappa shape index (κ2) is 10.2. The third-order valence-corrected chi connectivity index (χ3v) is 4.27. The summed E-state index contributed by atoms with van der Waals surface area (Å²) in [6, 6.07) is 7.79. The number of carbonyl (C=O) groups is 3. The van der Waals surface area contributed by atoms with Crippen LogP contribution in [-0.2, 0) is 30.5 Å². The first-order valence-corrected chi connectivity index (χ1v) is 9.84. The van der Waals surface area contributed by atoms with Gasteiger partial charge in [-0.05, 0) is 52.5 Å². The van der Waals surface area contributed by atoms with Crippen molar-refractivity contribution in [1.29, 1.82) is 0 Å². The average Bonchev–Trinajstić information content (AvgIpc) is 2.65. The van der Waals surface area contributed by atoms with Gasteiger partial charge < -0.3 is 19.6 Å². The van der Waals surface area contributed by atoms with Crippen LogP contribution in [0.25, 0.3) is 0 Å². The van der Waals surface area contributed by atoms with E-state index in [1.165, 1.54) is 5.06 Å². The molecule has 0 aliphatic carbocycles. The Balaban J connectivity index is 1.87. The van der Waals surface area contributed by atoms with Crippen molar-refractivity contribution in [2.24, 2.45) is 0 Å². The first-order valence-electron chi connectivity index (χ1n) is 9.84. The highest BCUT2D eigenvalue weighted by Crippen LogP contribution is 2.19. The van der Waals surface area contributed by atoms with E-state index in [9.17, 15) is 14.4 Å². The molecule has 1 saturated heterocycles. The zero-order valence-electron chi connectivity index (χ0n) is 17.5. The zero-order valence-corrected chi connectivity index (χ0v) is 17.5. The molecule has 2 atom stereocenters. The molecule has 1 fully saturated rings. The molecule has 29 heavy (non-hydrogen) atoms. The van der Waals surface area contributed by atoms with Gasteiger partial charge >= 0.3 is 12.1 Å². The molecule has 1 aliphatic rings. The molecule has 1 aromatic rings. The summed E-state index contributed by atoms with van der Waals surface area (Å²) in [5, 5.41) is 3.98. The molecule has 160 valence electrons. The maximum absolute atomic E-state index is 12.7. The second-order valence-corrected chi connectivity index (χ2v) is 8.03. The maximum atomic E-state index is 12.7. The number of carbonyl (C=O) groups excluding carboxylic acids is 3. The summed E-state index contributed by atoms with van der Waals surface area (Å²) in [5.41, 5.74) is 0.172. The first-order chi connectivity index (χ1) is 13.7. The van der Waals surface area contributed by atoms with Crippen molar-refractivity contribution in [2.75, 3.05) is 6.54 Å². The highest BCUT2D eigenvalue weighted by molar-refractivity contribution is 5.87. The van der Waals surface area contributed by atoms with Crippen LogP contribution in [0, 0.1) is 0 Å². The van der Waals surface area contributed by atoms with Crippen molar-refractivity contribution in [3.8, 4) is 0 Å². The standard InChI is InChI=1S/C21H30N2O6/c1-15(19(25)27-14-16-10-6-5-7-11-16)22-18(24)17-12-8-9-13-23(17)29-20(26)28-21(2,3)4/h5-7,10-11,15,17H,8-9,12-14H2,1-4H3,(H,22,24)/t15-,17-/m0/s1. The summed E-state index contributed by atoms with van der Waals surface area (Å²) in [6.07, 6.45) is 1.27. The molecular weight excluding hydrogens is 376 g/mol. The molecule has 8 nitrogen and oxygen atoms in total. The summed E-state index contributed by atoms with van der Waals surface area (Å²) in [4.78, 5) is 42.1. The van der Waals surface area contributed by atoms with Crippen molar-refractivity contribution >= 4 is 18.0 Å². The molecule has 0 bridgehead atoms. The molecule has 0 saturated carbocycles. The van der Waals surface area contributed by atoms with Crippen LogP contribution >= 0.6 is 0 Å². The number of hydroxylamine groups is 2. The Hall–Kier alpha value is -2.61. The summed E-state index contributed by atoms with van der Waals surface area (Å²) in [5.74, 6) is -0.921. The van der Waals surface area contributed by atoms with Gasteiger partial charge in [0, 0.05) is 6.54 Å². The lowest BCUT2D eigenvalue weighted by atomic mass is 10.0. The minimum atomic E-state index is -0.854. The van der Waals surface area contributed by atoms with E-state index < -0.39 is 35.7 Å². The zero-order chi connectivity index (χ0) is 21.4. The second-order valence-electron chi connectivity index (χ2n) is 8.03. The normalized spacial score (nSPS) is 18.4. The van der Waals surface area contributed by atoms with Gasteiger partial charge in [0.1, 0.15) is 24.3 Å². The van der Waals surface area contributed by atoms with Crippen LogP contribution in [0.15, 0.2) is 30.3 Å². The van der Waals surface area contributed by atoms with Gasteiger partial charge in [0.25, 0.3) is 0 Å². The van der Waals surface area contributed by atoms with E-state index in [-0.39, 0.29) is 6.61 Å². The Morgan fingerprint density at radius 3 is 2.52 bits per heavy atom. The third-order valence-electron chi connectivity index (χ3n) is 4.27. The molecular formula is C21H30N2O6. The number of ether oxygens (including phenoxy) is 2. The van der Waals surface area contributed by atoms with Gasteiger partial charge in [-0.2, -0.15) is 0 Å². The van der Waals surface area contributed by atoms with Gasteiger partial charge in [0.15, 0.2) is 0 Å². The quantitative estimate of drug-likeness (QED) is 0.726. The highest BCUT2D eigenvalue weighted by atomic mass is 16.8. The Morgan fingerprint density at radius 1 is 1.17 bits per heavy atom. The van der Waals surface area contributed by atoms with Crippen molar-refractivity contribution in [3.63, 3.8) is 0 Å². The lowest BCUT2D eigenvalue weighted by Gasteiger charge is -2.33. The van der Waals surface area contributed by atoms with Crippen LogP contribution in [-0.4, -0.2) is 47.3 Å². The maximum Gasteiger partial charge on any atom is 0.528 e. The predicted octanol–water partition coefficient (Wildman–Crippen LogP) is 2.96. The number of benzene rings is 1. The number of rotatable bonds is 6. The number of hydrogen-bond donors (Lipinski definition) is 1. The lowest BCUT2D eigenvalue weighted by Crippen LogP contribution is -2.53. The minimum Gasteiger partial charge on any atom is -0.459 e. The Bertz CT molecular complexity index is 701. The van der Waals surface area contributed by atoms with Crippen molar-refractivity contribution in [1.82, 2.24) is 10.4 Å². The molecule has 1 aliphatic heterocycles. The van der Waals surface area contributed by atoms with Crippen molar-refractivity contribution in [2.45, 2.75) is 71.2 Å². The molecule has 1 N–H and O–H groups in total. The fourth-order valence-electron chi connectivity index (χ4n) is 2.86. The van der Waals surface area contributed by atoms with E-state index in [0.717, 1.165) is 18.4 Å².